The second-order valence-electron chi connectivity index (χ2n) is 7.96. The van der Waals surface area contributed by atoms with Gasteiger partial charge in [-0.05, 0) is 62.2 Å². The zero-order chi connectivity index (χ0) is 24.2. The summed E-state index contributed by atoms with van der Waals surface area (Å²) in [6.45, 7) is 6.29. The highest BCUT2D eigenvalue weighted by Gasteiger charge is 2.17. The molecular formula is C26H31N5O4. The first-order valence-corrected chi connectivity index (χ1v) is 11.0. The number of benzene rings is 1. The predicted molar refractivity (Wildman–Crippen MR) is 138 cm³/mol. The van der Waals surface area contributed by atoms with Crippen LogP contribution < -0.4 is 10.9 Å². The third-order valence-electron chi connectivity index (χ3n) is 5.47. The highest BCUT2D eigenvalue weighted by atomic mass is 16.5. The molecule has 2 N–H and O–H groups in total. The van der Waals surface area contributed by atoms with Gasteiger partial charge in [-0.2, -0.15) is 0 Å². The standard InChI is InChI=1S/C25H27N5O4.CH4/c1-5-34-25(32)29-24-27-21-12-18(11-19(23(21)28-24)20-8-6-7-9-26-20)17-10-15(2)30(22(31)13-17)16(3)14-33-4;/h6-13,16H,5,14H2,1-4H3,(H2,27,28,29,32);1H4. The first-order chi connectivity index (χ1) is 16.4. The molecule has 9 nitrogen and oxygen atoms in total. The van der Waals surface area contributed by atoms with Crippen LogP contribution in [0.4, 0.5) is 10.7 Å². The van der Waals surface area contributed by atoms with Crippen molar-refractivity contribution in [3.05, 3.63) is 64.7 Å². The van der Waals surface area contributed by atoms with Crippen molar-refractivity contribution in [2.45, 2.75) is 34.2 Å². The molecule has 1 unspecified atom stereocenters. The summed E-state index contributed by atoms with van der Waals surface area (Å²) in [5.74, 6) is 0.266. The molecule has 0 saturated heterocycles. The van der Waals surface area contributed by atoms with Gasteiger partial charge in [0.25, 0.3) is 5.56 Å². The molecule has 0 spiro atoms. The number of fused-ring (bicyclic) bond motifs is 1. The van der Waals surface area contributed by atoms with Crippen molar-refractivity contribution in [3.63, 3.8) is 0 Å². The van der Waals surface area contributed by atoms with Gasteiger partial charge in [-0.25, -0.2) is 9.78 Å². The fraction of sp³-hybridized carbons (Fsp3) is 0.308. The summed E-state index contributed by atoms with van der Waals surface area (Å²) in [5, 5.41) is 2.61. The number of hydrogen-bond acceptors (Lipinski definition) is 6. The molecule has 4 rings (SSSR count). The number of aromatic amines is 1. The number of imidazole rings is 1. The number of hydrogen-bond donors (Lipinski definition) is 2. The average Bonchev–Trinajstić information content (AvgIpc) is 3.21. The quantitative estimate of drug-likeness (QED) is 0.380. The van der Waals surface area contributed by atoms with Crippen LogP contribution in [0.2, 0.25) is 0 Å². The molecule has 0 bridgehead atoms. The van der Waals surface area contributed by atoms with E-state index in [1.54, 1.807) is 30.9 Å². The minimum absolute atomic E-state index is 0. The highest BCUT2D eigenvalue weighted by molar-refractivity contribution is 5.97. The normalized spacial score (nSPS) is 11.7. The summed E-state index contributed by atoms with van der Waals surface area (Å²) >= 11 is 0. The molecule has 1 amide bonds. The van der Waals surface area contributed by atoms with Gasteiger partial charge in [0, 0.05) is 30.6 Å². The third kappa shape index (κ3) is 5.41. The molecule has 0 radical (unpaired) electrons. The Bertz CT molecular complexity index is 1380. The minimum atomic E-state index is -0.592. The average molecular weight is 478 g/mol. The van der Waals surface area contributed by atoms with E-state index in [-0.39, 0.29) is 31.6 Å². The van der Waals surface area contributed by atoms with E-state index in [4.69, 9.17) is 9.47 Å². The van der Waals surface area contributed by atoms with Crippen molar-refractivity contribution in [1.82, 2.24) is 19.5 Å². The van der Waals surface area contributed by atoms with Crippen molar-refractivity contribution in [1.29, 1.82) is 0 Å². The molecule has 0 aliphatic carbocycles. The van der Waals surface area contributed by atoms with Crippen LogP contribution in [0.5, 0.6) is 0 Å². The molecule has 1 atom stereocenters. The van der Waals surface area contributed by atoms with Crippen molar-refractivity contribution < 1.29 is 14.3 Å². The number of aryl methyl sites for hydroxylation is 1. The predicted octanol–water partition coefficient (Wildman–Crippen LogP) is 5.17. The van der Waals surface area contributed by atoms with E-state index in [9.17, 15) is 9.59 Å². The number of pyridine rings is 2. The lowest BCUT2D eigenvalue weighted by molar-refractivity contribution is 0.160. The van der Waals surface area contributed by atoms with Crippen LogP contribution in [0.15, 0.2) is 53.5 Å². The molecule has 4 aromatic rings. The van der Waals surface area contributed by atoms with Crippen molar-refractivity contribution in [2.75, 3.05) is 25.6 Å². The molecule has 184 valence electrons. The fourth-order valence-electron chi connectivity index (χ4n) is 4.08. The molecule has 35 heavy (non-hydrogen) atoms. The summed E-state index contributed by atoms with van der Waals surface area (Å²) in [6.07, 6.45) is 1.12. The Labute approximate surface area is 204 Å². The summed E-state index contributed by atoms with van der Waals surface area (Å²) in [5.41, 5.74) is 5.17. The number of methoxy groups -OCH3 is 1. The van der Waals surface area contributed by atoms with E-state index in [0.29, 0.717) is 17.6 Å². The van der Waals surface area contributed by atoms with Gasteiger partial charge in [0.05, 0.1) is 36.0 Å². The Morgan fingerprint density at radius 1 is 1.20 bits per heavy atom. The van der Waals surface area contributed by atoms with Crippen molar-refractivity contribution >= 4 is 23.1 Å². The number of amides is 1. The van der Waals surface area contributed by atoms with Gasteiger partial charge in [0.2, 0.25) is 5.95 Å². The van der Waals surface area contributed by atoms with Gasteiger partial charge >= 0.3 is 6.09 Å². The molecule has 3 heterocycles. The first-order valence-electron chi connectivity index (χ1n) is 11.0. The van der Waals surface area contributed by atoms with Crippen LogP contribution in [0.25, 0.3) is 33.4 Å². The number of carbonyl (C=O) groups is 1. The second-order valence-corrected chi connectivity index (χ2v) is 7.96. The Kier molecular flexibility index (Phi) is 8.03. The number of H-pyrrole nitrogens is 1. The van der Waals surface area contributed by atoms with Gasteiger partial charge in [0.15, 0.2) is 0 Å². The summed E-state index contributed by atoms with van der Waals surface area (Å²) in [6, 6.07) is 13.0. The lowest BCUT2D eigenvalue weighted by Crippen LogP contribution is -2.27. The van der Waals surface area contributed by atoms with Gasteiger partial charge in [-0.15, -0.1) is 0 Å². The van der Waals surface area contributed by atoms with E-state index in [1.165, 1.54) is 0 Å². The molecule has 9 heteroatoms. The fourth-order valence-corrected chi connectivity index (χ4v) is 4.08. The Morgan fingerprint density at radius 3 is 2.63 bits per heavy atom. The van der Waals surface area contributed by atoms with E-state index in [1.807, 2.05) is 50.2 Å². The van der Waals surface area contributed by atoms with Crippen LogP contribution in [0.1, 0.15) is 33.0 Å². The largest absolute Gasteiger partial charge is 0.450 e. The number of nitrogens with one attached hydrogen (secondary N) is 2. The van der Waals surface area contributed by atoms with Crippen molar-refractivity contribution in [3.8, 4) is 22.4 Å². The lowest BCUT2D eigenvalue weighted by atomic mass is 9.99. The van der Waals surface area contributed by atoms with Crippen molar-refractivity contribution in [2.24, 2.45) is 0 Å². The number of aromatic nitrogens is 4. The highest BCUT2D eigenvalue weighted by Crippen LogP contribution is 2.33. The molecular weight excluding hydrogens is 446 g/mol. The first kappa shape index (κ1) is 25.6. The Balaban J connectivity index is 0.00000342. The van der Waals surface area contributed by atoms with Gasteiger partial charge in [-0.3, -0.25) is 15.1 Å². The zero-order valence-electron chi connectivity index (χ0n) is 19.6. The van der Waals surface area contributed by atoms with Crippen LogP contribution >= 0.6 is 0 Å². The number of nitrogens with zero attached hydrogens (tertiary/aromatic N) is 3. The van der Waals surface area contributed by atoms with Gasteiger partial charge < -0.3 is 19.0 Å². The number of carbonyl (C=O) groups excluding carboxylic acids is 1. The monoisotopic (exact) mass is 477 g/mol. The summed E-state index contributed by atoms with van der Waals surface area (Å²) in [4.78, 5) is 37.0. The van der Waals surface area contributed by atoms with Gasteiger partial charge in [0.1, 0.15) is 0 Å². The van der Waals surface area contributed by atoms with Crippen LogP contribution in [0, 0.1) is 6.92 Å². The van der Waals surface area contributed by atoms with Gasteiger partial charge in [-0.1, -0.05) is 13.5 Å². The molecule has 0 aliphatic rings. The van der Waals surface area contributed by atoms with Crippen LogP contribution in [-0.2, 0) is 9.47 Å². The number of rotatable bonds is 7. The Morgan fingerprint density at radius 2 is 1.97 bits per heavy atom. The number of ether oxygens (including phenoxy) is 2. The third-order valence-corrected chi connectivity index (χ3v) is 5.47. The Hall–Kier alpha value is -3.98. The van der Waals surface area contributed by atoms with Crippen LogP contribution in [0.3, 0.4) is 0 Å². The number of anilines is 1. The maximum absolute atomic E-state index is 13.0. The van der Waals surface area contributed by atoms with Crippen LogP contribution in [-0.4, -0.2) is 45.9 Å². The maximum Gasteiger partial charge on any atom is 0.413 e. The summed E-state index contributed by atoms with van der Waals surface area (Å²) < 4.78 is 11.9. The molecule has 1 aromatic carbocycles. The maximum atomic E-state index is 13.0. The van der Waals surface area contributed by atoms with E-state index in [0.717, 1.165) is 28.1 Å². The smallest absolute Gasteiger partial charge is 0.413 e. The molecule has 3 aromatic heterocycles. The molecule has 0 aliphatic heterocycles. The zero-order valence-corrected chi connectivity index (χ0v) is 19.6. The molecule has 0 fully saturated rings. The van der Waals surface area contributed by atoms with E-state index in [2.05, 4.69) is 20.3 Å². The minimum Gasteiger partial charge on any atom is -0.450 e. The second kappa shape index (κ2) is 11.0. The topological polar surface area (TPSA) is 111 Å². The molecule has 0 saturated carbocycles. The SMILES string of the molecule is C.CCOC(=O)Nc1nc2c(-c3ccccn3)cc(-c3cc(C)n(C(C)COC)c(=O)c3)cc2[nH]1. The van der Waals surface area contributed by atoms with E-state index >= 15 is 0 Å². The summed E-state index contributed by atoms with van der Waals surface area (Å²) in [7, 11) is 1.62. The lowest BCUT2D eigenvalue weighted by Gasteiger charge is -2.18. The van der Waals surface area contributed by atoms with E-state index < -0.39 is 6.09 Å².